The number of nitrogens with zero attached hydrogens (tertiary/aromatic N) is 2. The summed E-state index contributed by atoms with van der Waals surface area (Å²) in [5, 5.41) is 0. The quantitative estimate of drug-likeness (QED) is 0.160. The molecule has 0 amide bonds. The molecule has 1 aromatic carbocycles. The van der Waals surface area contributed by atoms with Crippen LogP contribution in [-0.4, -0.2) is 4.57 Å². The van der Waals surface area contributed by atoms with Gasteiger partial charge in [-0.15, -0.1) is 0 Å². The summed E-state index contributed by atoms with van der Waals surface area (Å²) in [5.41, 5.74) is 1.34. The highest BCUT2D eigenvalue weighted by Gasteiger charge is 2.12. The van der Waals surface area contributed by atoms with Crippen molar-refractivity contribution in [2.24, 2.45) is 0 Å². The minimum absolute atomic E-state index is 0.941. The molecule has 0 fully saturated rings. The highest BCUT2D eigenvalue weighted by molar-refractivity contribution is 9.10. The normalized spacial score (nSPS) is 11.3. The standard InChI is InChI=1S/C27H44BrN2/c1-3-4-5-6-7-8-9-10-11-12-13-14-15-16-20-29-21-22-30(25(29)2)24-26-18-17-19-27(28)23-26/h17-19,21-23H,3-16,20,24H2,1-2H3/q+1. The van der Waals surface area contributed by atoms with Gasteiger partial charge in [0.05, 0.1) is 6.54 Å². The van der Waals surface area contributed by atoms with Gasteiger partial charge < -0.3 is 0 Å². The molecule has 0 spiro atoms. The van der Waals surface area contributed by atoms with E-state index in [1.165, 1.54) is 101 Å². The zero-order chi connectivity index (χ0) is 21.4. The van der Waals surface area contributed by atoms with Crippen molar-refractivity contribution < 1.29 is 4.57 Å². The van der Waals surface area contributed by atoms with Gasteiger partial charge in [-0.3, -0.25) is 0 Å². The van der Waals surface area contributed by atoms with E-state index in [2.05, 4.69) is 75.6 Å². The predicted octanol–water partition coefficient (Wildman–Crippen LogP) is 8.38. The molecule has 0 saturated heterocycles. The second-order valence-corrected chi connectivity index (χ2v) is 9.81. The third-order valence-electron chi connectivity index (χ3n) is 6.25. The number of imidazole rings is 1. The molecule has 2 nitrogen and oxygen atoms in total. The van der Waals surface area contributed by atoms with Crippen LogP contribution in [-0.2, 0) is 13.1 Å². The molecule has 0 aliphatic rings. The molecule has 30 heavy (non-hydrogen) atoms. The molecule has 0 atom stereocenters. The SMILES string of the molecule is CCCCCCCCCCCCCCCCn1cc[n+](Cc2cccc(Br)c2)c1C. The van der Waals surface area contributed by atoms with Crippen LogP contribution in [0.25, 0.3) is 0 Å². The summed E-state index contributed by atoms with van der Waals surface area (Å²) in [4.78, 5) is 0. The second-order valence-electron chi connectivity index (χ2n) is 8.89. The molecule has 0 aliphatic heterocycles. The lowest BCUT2D eigenvalue weighted by atomic mass is 10.0. The first-order chi connectivity index (χ1) is 14.7. The van der Waals surface area contributed by atoms with Crippen molar-refractivity contribution in [3.8, 4) is 0 Å². The molecule has 0 bridgehead atoms. The van der Waals surface area contributed by atoms with Crippen LogP contribution in [0.2, 0.25) is 0 Å². The van der Waals surface area contributed by atoms with Crippen molar-refractivity contribution in [3.63, 3.8) is 0 Å². The highest BCUT2D eigenvalue weighted by Crippen LogP contribution is 2.14. The molecule has 0 unspecified atom stereocenters. The average molecular weight is 477 g/mol. The van der Waals surface area contributed by atoms with Crippen molar-refractivity contribution in [3.05, 3.63) is 52.5 Å². The molecule has 3 heteroatoms. The number of aryl methyl sites for hydroxylation is 1. The molecule has 0 saturated carbocycles. The van der Waals surface area contributed by atoms with E-state index in [9.17, 15) is 0 Å². The smallest absolute Gasteiger partial charge is 0.234 e. The average Bonchev–Trinajstić information content (AvgIpc) is 3.08. The first kappa shape index (κ1) is 25.2. The van der Waals surface area contributed by atoms with Crippen molar-refractivity contribution >= 4 is 15.9 Å². The lowest BCUT2D eigenvalue weighted by Gasteiger charge is -2.04. The molecular weight excluding hydrogens is 432 g/mol. The zero-order valence-corrected chi connectivity index (χ0v) is 21.1. The maximum Gasteiger partial charge on any atom is 0.253 e. The van der Waals surface area contributed by atoms with Gasteiger partial charge in [0.2, 0.25) is 0 Å². The summed E-state index contributed by atoms with van der Waals surface area (Å²) >= 11 is 3.57. The Kier molecular flexibility index (Phi) is 13.2. The van der Waals surface area contributed by atoms with Crippen molar-refractivity contribution in [1.29, 1.82) is 0 Å². The summed E-state index contributed by atoms with van der Waals surface area (Å²) in [7, 11) is 0. The fourth-order valence-corrected chi connectivity index (χ4v) is 4.70. The maximum absolute atomic E-state index is 3.57. The molecule has 2 rings (SSSR count). The lowest BCUT2D eigenvalue weighted by molar-refractivity contribution is -0.694. The molecule has 2 aromatic rings. The Morgan fingerprint density at radius 3 is 1.93 bits per heavy atom. The number of hydrogen-bond donors (Lipinski definition) is 0. The first-order valence-electron chi connectivity index (χ1n) is 12.5. The Morgan fingerprint density at radius 1 is 0.800 bits per heavy atom. The molecule has 0 N–H and O–H groups in total. The topological polar surface area (TPSA) is 8.81 Å². The van der Waals surface area contributed by atoms with Crippen molar-refractivity contribution in [1.82, 2.24) is 4.57 Å². The van der Waals surface area contributed by atoms with Gasteiger partial charge in [0, 0.05) is 11.4 Å². The van der Waals surface area contributed by atoms with Gasteiger partial charge in [-0.1, -0.05) is 112 Å². The van der Waals surface area contributed by atoms with E-state index < -0.39 is 0 Å². The number of benzene rings is 1. The largest absolute Gasteiger partial charge is 0.253 e. The highest BCUT2D eigenvalue weighted by atomic mass is 79.9. The van der Waals surface area contributed by atoms with Gasteiger partial charge in [-0.2, -0.15) is 0 Å². The van der Waals surface area contributed by atoms with Crippen LogP contribution in [0.3, 0.4) is 0 Å². The number of aromatic nitrogens is 2. The number of halogens is 1. The van der Waals surface area contributed by atoms with Crippen LogP contribution < -0.4 is 4.57 Å². The predicted molar refractivity (Wildman–Crippen MR) is 133 cm³/mol. The van der Waals surface area contributed by atoms with Gasteiger partial charge in [-0.05, 0) is 30.5 Å². The van der Waals surface area contributed by atoms with Crippen molar-refractivity contribution in [2.75, 3.05) is 0 Å². The van der Waals surface area contributed by atoms with E-state index in [0.717, 1.165) is 17.6 Å². The van der Waals surface area contributed by atoms with E-state index >= 15 is 0 Å². The van der Waals surface area contributed by atoms with Crippen molar-refractivity contribution in [2.45, 2.75) is 117 Å². The summed E-state index contributed by atoms with van der Waals surface area (Å²) in [5.74, 6) is 1.35. The van der Waals surface area contributed by atoms with Crippen LogP contribution in [0.5, 0.6) is 0 Å². The van der Waals surface area contributed by atoms with Crippen LogP contribution >= 0.6 is 15.9 Å². The minimum atomic E-state index is 0.941. The van der Waals surface area contributed by atoms with Gasteiger partial charge in [0.1, 0.15) is 18.9 Å². The maximum atomic E-state index is 3.57. The Bertz CT molecular complexity index is 692. The fraction of sp³-hybridized carbons (Fsp3) is 0.667. The van der Waals surface area contributed by atoms with E-state index in [0.29, 0.717) is 0 Å². The van der Waals surface area contributed by atoms with E-state index in [-0.39, 0.29) is 0 Å². The van der Waals surface area contributed by atoms with Gasteiger partial charge in [0.15, 0.2) is 0 Å². The van der Waals surface area contributed by atoms with Gasteiger partial charge in [0.25, 0.3) is 5.82 Å². The summed E-state index contributed by atoms with van der Waals surface area (Å²) in [6.45, 7) is 6.62. The van der Waals surface area contributed by atoms with Crippen LogP contribution in [0.15, 0.2) is 41.1 Å². The third-order valence-corrected chi connectivity index (χ3v) is 6.75. The number of unbranched alkanes of at least 4 members (excludes halogenated alkanes) is 13. The Hall–Kier alpha value is -1.09. The molecule has 168 valence electrons. The first-order valence-corrected chi connectivity index (χ1v) is 13.3. The van der Waals surface area contributed by atoms with Crippen LogP contribution in [0, 0.1) is 6.92 Å². The summed E-state index contributed by atoms with van der Waals surface area (Å²) < 4.78 is 5.92. The molecule has 0 radical (unpaired) electrons. The van der Waals surface area contributed by atoms with E-state index in [4.69, 9.17) is 0 Å². The summed E-state index contributed by atoms with van der Waals surface area (Å²) in [6, 6.07) is 8.60. The third kappa shape index (κ3) is 10.3. The van der Waals surface area contributed by atoms with Crippen LogP contribution in [0.4, 0.5) is 0 Å². The van der Waals surface area contributed by atoms with Gasteiger partial charge >= 0.3 is 0 Å². The molecule has 1 aromatic heterocycles. The number of hydrogen-bond acceptors (Lipinski definition) is 0. The Morgan fingerprint density at radius 2 is 1.37 bits per heavy atom. The van der Waals surface area contributed by atoms with E-state index in [1.807, 2.05) is 0 Å². The minimum Gasteiger partial charge on any atom is -0.234 e. The number of rotatable bonds is 17. The van der Waals surface area contributed by atoms with Crippen LogP contribution in [0.1, 0.15) is 108 Å². The summed E-state index contributed by atoms with van der Waals surface area (Å²) in [6.07, 6.45) is 24.3. The second kappa shape index (κ2) is 15.7. The van der Waals surface area contributed by atoms with Gasteiger partial charge in [-0.25, -0.2) is 9.13 Å². The molecule has 0 aliphatic carbocycles. The lowest BCUT2D eigenvalue weighted by Crippen LogP contribution is -2.36. The monoisotopic (exact) mass is 475 g/mol. The Balaban J connectivity index is 1.48. The Labute approximate surface area is 194 Å². The zero-order valence-electron chi connectivity index (χ0n) is 19.6. The molecular formula is C27H44BrN2+. The molecule has 1 heterocycles. The fourth-order valence-electron chi connectivity index (χ4n) is 4.25. The van der Waals surface area contributed by atoms with E-state index in [1.54, 1.807) is 0 Å².